The van der Waals surface area contributed by atoms with Crippen molar-refractivity contribution in [3.05, 3.63) is 41.0 Å². The third kappa shape index (κ3) is 9.49. The summed E-state index contributed by atoms with van der Waals surface area (Å²) in [6.45, 7) is 4.93. The minimum absolute atomic E-state index is 0.390. The lowest BCUT2D eigenvalue weighted by Crippen LogP contribution is -2.25. The molecule has 0 radical (unpaired) electrons. The van der Waals surface area contributed by atoms with E-state index in [9.17, 15) is 10.5 Å². The van der Waals surface area contributed by atoms with E-state index in [0.717, 1.165) is 49.0 Å². The second-order valence-electron chi connectivity index (χ2n) is 12.1. The zero-order valence-corrected chi connectivity index (χ0v) is 24.4. The summed E-state index contributed by atoms with van der Waals surface area (Å²) in [4.78, 5) is 0. The molecule has 38 heavy (non-hydrogen) atoms. The number of aryl methyl sites for hydroxylation is 1. The van der Waals surface area contributed by atoms with Crippen LogP contribution in [-0.4, -0.2) is 6.61 Å². The van der Waals surface area contributed by atoms with Gasteiger partial charge in [0.15, 0.2) is 0 Å². The Morgan fingerprint density at radius 2 is 1.39 bits per heavy atom. The Kier molecular flexibility index (Phi) is 13.8. The summed E-state index contributed by atoms with van der Waals surface area (Å²) in [5.74, 6) is 4.12. The van der Waals surface area contributed by atoms with Crippen LogP contribution in [0, 0.1) is 46.3 Å². The maximum atomic E-state index is 9.70. The molecule has 2 aliphatic carbocycles. The molecular formula is C35H52N2O. The first-order chi connectivity index (χ1) is 18.7. The minimum Gasteiger partial charge on any atom is -0.488 e. The molecule has 0 heterocycles. The van der Waals surface area contributed by atoms with Gasteiger partial charge in [-0.2, -0.15) is 10.5 Å². The maximum absolute atomic E-state index is 9.70. The zero-order chi connectivity index (χ0) is 27.0. The van der Waals surface area contributed by atoms with Gasteiger partial charge in [0.1, 0.15) is 30.1 Å². The van der Waals surface area contributed by atoms with Gasteiger partial charge in [-0.25, -0.2) is 0 Å². The molecule has 0 bridgehead atoms. The van der Waals surface area contributed by atoms with Gasteiger partial charge in [0.25, 0.3) is 0 Å². The van der Waals surface area contributed by atoms with Crippen molar-refractivity contribution < 1.29 is 4.74 Å². The number of nitrogens with zero attached hydrogens (tertiary/aromatic N) is 2. The molecule has 0 spiro atoms. The van der Waals surface area contributed by atoms with Gasteiger partial charge in [0.2, 0.25) is 0 Å². The fourth-order valence-corrected chi connectivity index (χ4v) is 6.94. The third-order valence-electron chi connectivity index (χ3n) is 9.36. The highest BCUT2D eigenvalue weighted by atomic mass is 16.5. The molecule has 1 aromatic carbocycles. The van der Waals surface area contributed by atoms with E-state index < -0.39 is 0 Å². The van der Waals surface area contributed by atoms with E-state index in [2.05, 4.69) is 38.1 Å². The largest absolute Gasteiger partial charge is 0.488 e. The number of rotatable bonds is 15. The topological polar surface area (TPSA) is 56.8 Å². The van der Waals surface area contributed by atoms with Crippen LogP contribution in [-0.2, 0) is 6.42 Å². The molecule has 2 aliphatic rings. The van der Waals surface area contributed by atoms with E-state index in [4.69, 9.17) is 4.74 Å². The number of benzene rings is 1. The van der Waals surface area contributed by atoms with Gasteiger partial charge in [0.05, 0.1) is 5.56 Å². The normalized spacial score (nSPS) is 23.7. The SMILES string of the molecule is CCCCCCC[C@H]1CC[C@H](C2CCC(/C=C/COc3ccc(CCCCC)c(C#N)c3C#N)CC2)CC1. The maximum Gasteiger partial charge on any atom is 0.138 e. The first-order valence-corrected chi connectivity index (χ1v) is 16.0. The molecule has 0 saturated heterocycles. The van der Waals surface area contributed by atoms with Gasteiger partial charge in [-0.05, 0) is 86.7 Å². The lowest BCUT2D eigenvalue weighted by Gasteiger charge is -2.37. The Balaban J connectivity index is 1.37. The second-order valence-corrected chi connectivity index (χ2v) is 12.1. The average molecular weight is 517 g/mol. The van der Waals surface area contributed by atoms with Crippen LogP contribution in [0.4, 0.5) is 0 Å². The Hall–Kier alpha value is -2.26. The number of unbranched alkanes of at least 4 members (excludes halogenated alkanes) is 6. The minimum atomic E-state index is 0.390. The van der Waals surface area contributed by atoms with Crippen molar-refractivity contribution in [3.8, 4) is 17.9 Å². The van der Waals surface area contributed by atoms with Crippen LogP contribution in [0.25, 0.3) is 0 Å². The fourth-order valence-electron chi connectivity index (χ4n) is 6.94. The zero-order valence-electron chi connectivity index (χ0n) is 24.4. The number of allylic oxidation sites excluding steroid dienone is 1. The highest BCUT2D eigenvalue weighted by Crippen LogP contribution is 2.42. The van der Waals surface area contributed by atoms with Crippen molar-refractivity contribution in [2.45, 2.75) is 129 Å². The highest BCUT2D eigenvalue weighted by Gasteiger charge is 2.30. The monoisotopic (exact) mass is 516 g/mol. The first-order valence-electron chi connectivity index (χ1n) is 16.0. The van der Waals surface area contributed by atoms with Crippen LogP contribution in [0.3, 0.4) is 0 Å². The van der Waals surface area contributed by atoms with Gasteiger partial charge >= 0.3 is 0 Å². The number of hydrogen-bond donors (Lipinski definition) is 0. The average Bonchev–Trinajstić information content (AvgIpc) is 2.96. The number of hydrogen-bond acceptors (Lipinski definition) is 3. The summed E-state index contributed by atoms with van der Waals surface area (Å²) in [6, 6.07) is 8.32. The molecule has 0 atom stereocenters. The summed E-state index contributed by atoms with van der Waals surface area (Å²) < 4.78 is 5.96. The molecular weight excluding hydrogens is 464 g/mol. The fraction of sp³-hybridized carbons (Fsp3) is 0.714. The van der Waals surface area contributed by atoms with Crippen LogP contribution in [0.2, 0.25) is 0 Å². The Labute approximate surface area is 233 Å². The molecule has 0 N–H and O–H groups in total. The van der Waals surface area contributed by atoms with E-state index >= 15 is 0 Å². The molecule has 3 rings (SSSR count). The van der Waals surface area contributed by atoms with E-state index in [1.165, 1.54) is 89.9 Å². The summed E-state index contributed by atoms with van der Waals surface area (Å²) in [5, 5.41) is 19.4. The Morgan fingerprint density at radius 3 is 2.05 bits per heavy atom. The molecule has 2 saturated carbocycles. The quantitative estimate of drug-likeness (QED) is 0.172. The molecule has 0 unspecified atom stereocenters. The standard InChI is InChI=1S/C35H52N2O/c1-3-5-7-8-10-12-28-15-19-30(20-16-28)31-21-17-29(18-22-31)13-11-25-38-35-24-23-32(14-9-6-4-2)33(26-36)34(35)27-37/h11,13,23-24,28-31H,3-10,12,14-22,25H2,1-2H3/b13-11+/t28-,29?,30-,31?. The van der Waals surface area contributed by atoms with Crippen molar-refractivity contribution in [2.75, 3.05) is 6.61 Å². The van der Waals surface area contributed by atoms with Gasteiger partial charge in [0, 0.05) is 0 Å². The van der Waals surface area contributed by atoms with Crippen LogP contribution in [0.5, 0.6) is 5.75 Å². The van der Waals surface area contributed by atoms with Gasteiger partial charge in [-0.3, -0.25) is 0 Å². The van der Waals surface area contributed by atoms with Gasteiger partial charge in [-0.15, -0.1) is 0 Å². The predicted octanol–water partition coefficient (Wildman–Crippen LogP) is 10.1. The summed E-state index contributed by atoms with van der Waals surface area (Å²) in [5.41, 5.74) is 1.85. The van der Waals surface area contributed by atoms with Crippen LogP contribution < -0.4 is 4.74 Å². The van der Waals surface area contributed by atoms with Crippen molar-refractivity contribution in [1.29, 1.82) is 10.5 Å². The Morgan fingerprint density at radius 1 is 0.763 bits per heavy atom. The molecule has 0 aliphatic heterocycles. The van der Waals surface area contributed by atoms with E-state index in [1.54, 1.807) is 0 Å². The summed E-state index contributed by atoms with van der Waals surface area (Å²) >= 11 is 0. The van der Waals surface area contributed by atoms with Gasteiger partial charge < -0.3 is 4.74 Å². The lowest BCUT2D eigenvalue weighted by atomic mass is 9.68. The van der Waals surface area contributed by atoms with Gasteiger partial charge in [-0.1, -0.05) is 96.3 Å². The number of ether oxygens (including phenoxy) is 1. The van der Waals surface area contributed by atoms with Crippen LogP contribution in [0.15, 0.2) is 24.3 Å². The van der Waals surface area contributed by atoms with Crippen molar-refractivity contribution >= 4 is 0 Å². The van der Waals surface area contributed by atoms with Crippen LogP contribution >= 0.6 is 0 Å². The molecule has 0 amide bonds. The predicted molar refractivity (Wildman–Crippen MR) is 158 cm³/mol. The van der Waals surface area contributed by atoms with Crippen molar-refractivity contribution in [1.82, 2.24) is 0 Å². The Bertz CT molecular complexity index is 920. The van der Waals surface area contributed by atoms with Crippen LogP contribution in [0.1, 0.15) is 140 Å². The van der Waals surface area contributed by atoms with E-state index in [1.807, 2.05) is 12.1 Å². The van der Waals surface area contributed by atoms with Crippen molar-refractivity contribution in [3.63, 3.8) is 0 Å². The van der Waals surface area contributed by atoms with E-state index in [0.29, 0.717) is 29.4 Å². The third-order valence-corrected chi connectivity index (χ3v) is 9.36. The summed E-state index contributed by atoms with van der Waals surface area (Å²) in [6.07, 6.45) is 28.5. The van der Waals surface area contributed by atoms with Crippen molar-refractivity contribution in [2.24, 2.45) is 23.7 Å². The number of nitriles is 2. The summed E-state index contributed by atoms with van der Waals surface area (Å²) in [7, 11) is 0. The molecule has 0 aromatic heterocycles. The smallest absolute Gasteiger partial charge is 0.138 e. The lowest BCUT2D eigenvalue weighted by molar-refractivity contribution is 0.151. The second kappa shape index (κ2) is 17.4. The first kappa shape index (κ1) is 30.3. The highest BCUT2D eigenvalue weighted by molar-refractivity contribution is 5.57. The molecule has 1 aromatic rings. The molecule has 208 valence electrons. The van der Waals surface area contributed by atoms with E-state index in [-0.39, 0.29) is 0 Å². The molecule has 3 heteroatoms. The molecule has 3 nitrogen and oxygen atoms in total. The molecule has 2 fully saturated rings.